The quantitative estimate of drug-likeness (QED) is 0.577. The maximum atomic E-state index is 8.81. The number of benzene rings is 1. The van der Waals surface area contributed by atoms with E-state index in [4.69, 9.17) is 10.00 Å². The van der Waals surface area contributed by atoms with Crippen LogP contribution in [-0.4, -0.2) is 36.7 Å². The van der Waals surface area contributed by atoms with E-state index in [1.165, 1.54) is 0 Å². The fourth-order valence-corrected chi connectivity index (χ4v) is 3.25. The van der Waals surface area contributed by atoms with E-state index in [9.17, 15) is 0 Å². The Morgan fingerprint density at radius 1 is 1.38 bits per heavy atom. The molecule has 0 saturated heterocycles. The first-order valence-corrected chi connectivity index (χ1v) is 8.26. The average Bonchev–Trinajstić information content (AvgIpc) is 2.96. The van der Waals surface area contributed by atoms with Crippen LogP contribution in [0.5, 0.6) is 5.75 Å². The minimum atomic E-state index is 0.618. The summed E-state index contributed by atoms with van der Waals surface area (Å²) in [5.41, 5.74) is 0.618. The Kier molecular flexibility index (Phi) is 5.84. The molecule has 0 aliphatic rings. The molecule has 2 rings (SSSR count). The van der Waals surface area contributed by atoms with E-state index in [-0.39, 0.29) is 0 Å². The van der Waals surface area contributed by atoms with Gasteiger partial charge in [0.2, 0.25) is 5.13 Å². The fourth-order valence-electron chi connectivity index (χ4n) is 1.51. The van der Waals surface area contributed by atoms with Crippen molar-refractivity contribution < 1.29 is 4.74 Å². The number of aromatic nitrogens is 2. The highest BCUT2D eigenvalue weighted by Crippen LogP contribution is 2.27. The second kappa shape index (κ2) is 7.86. The van der Waals surface area contributed by atoms with Gasteiger partial charge in [-0.15, -0.1) is 10.2 Å². The van der Waals surface area contributed by atoms with Crippen molar-refractivity contribution in [2.45, 2.75) is 10.8 Å². The van der Waals surface area contributed by atoms with Crippen molar-refractivity contribution in [3.63, 3.8) is 0 Å². The molecule has 7 heteroatoms. The molecule has 0 aliphatic heterocycles. The molecule has 0 bridgehead atoms. The number of rotatable bonds is 7. The van der Waals surface area contributed by atoms with Gasteiger partial charge in [0.05, 0.1) is 18.2 Å². The van der Waals surface area contributed by atoms with E-state index in [2.05, 4.69) is 16.3 Å². The lowest BCUT2D eigenvalue weighted by molar-refractivity contribution is 0.318. The third kappa shape index (κ3) is 4.92. The highest BCUT2D eigenvalue weighted by molar-refractivity contribution is 8.01. The van der Waals surface area contributed by atoms with Gasteiger partial charge in [-0.1, -0.05) is 29.2 Å². The summed E-state index contributed by atoms with van der Waals surface area (Å²) >= 11 is 3.28. The number of hydrogen-bond donors (Lipinski definition) is 0. The van der Waals surface area contributed by atoms with Gasteiger partial charge in [0.25, 0.3) is 0 Å². The molecule has 0 unspecified atom stereocenters. The molecule has 5 nitrogen and oxygen atoms in total. The maximum Gasteiger partial charge on any atom is 0.208 e. The van der Waals surface area contributed by atoms with Crippen LogP contribution in [-0.2, 0) is 0 Å². The van der Waals surface area contributed by atoms with Gasteiger partial charge in [-0.2, -0.15) is 5.26 Å². The van der Waals surface area contributed by atoms with Gasteiger partial charge in [0.15, 0.2) is 4.34 Å². The topological polar surface area (TPSA) is 62.0 Å². The first kappa shape index (κ1) is 15.6. The normalized spacial score (nSPS) is 10.1. The molecule has 21 heavy (non-hydrogen) atoms. The SMILES string of the molecule is CN(C)c1nnc(SCCCOc2cccc(C#N)c2)s1. The number of nitrogens with zero attached hydrogens (tertiary/aromatic N) is 4. The fraction of sp³-hybridized carbons (Fsp3) is 0.357. The first-order valence-electron chi connectivity index (χ1n) is 6.45. The van der Waals surface area contributed by atoms with Crippen molar-refractivity contribution in [1.29, 1.82) is 5.26 Å². The van der Waals surface area contributed by atoms with Crippen LogP contribution in [0.1, 0.15) is 12.0 Å². The minimum Gasteiger partial charge on any atom is -0.494 e. The summed E-state index contributed by atoms with van der Waals surface area (Å²) in [5, 5.41) is 18.0. The van der Waals surface area contributed by atoms with E-state index < -0.39 is 0 Å². The van der Waals surface area contributed by atoms with Crippen molar-refractivity contribution in [2.24, 2.45) is 0 Å². The van der Waals surface area contributed by atoms with Gasteiger partial charge in [-0.05, 0) is 24.6 Å². The molecule has 0 N–H and O–H groups in total. The maximum absolute atomic E-state index is 8.81. The predicted octanol–water partition coefficient (Wildman–Crippen LogP) is 3.04. The minimum absolute atomic E-state index is 0.618. The predicted molar refractivity (Wildman–Crippen MR) is 86.2 cm³/mol. The first-order chi connectivity index (χ1) is 10.2. The third-order valence-electron chi connectivity index (χ3n) is 2.52. The summed E-state index contributed by atoms with van der Waals surface area (Å²) in [4.78, 5) is 1.95. The Hall–Kier alpha value is -1.78. The number of nitriles is 1. The molecule has 110 valence electrons. The van der Waals surface area contributed by atoms with Gasteiger partial charge in [0.1, 0.15) is 5.75 Å². The van der Waals surface area contributed by atoms with E-state index in [1.54, 1.807) is 35.2 Å². The van der Waals surface area contributed by atoms with Gasteiger partial charge in [0, 0.05) is 19.8 Å². The average molecular weight is 320 g/mol. The molecule has 0 atom stereocenters. The van der Waals surface area contributed by atoms with Crippen LogP contribution in [0.2, 0.25) is 0 Å². The molecule has 1 aromatic heterocycles. The zero-order chi connectivity index (χ0) is 15.1. The lowest BCUT2D eigenvalue weighted by Crippen LogP contribution is -2.07. The number of ether oxygens (including phenoxy) is 1. The molecular weight excluding hydrogens is 304 g/mol. The van der Waals surface area contributed by atoms with Crippen LogP contribution < -0.4 is 9.64 Å². The lowest BCUT2D eigenvalue weighted by atomic mass is 10.2. The molecule has 1 aromatic carbocycles. The molecule has 1 heterocycles. The molecule has 0 fully saturated rings. The Bertz CT molecular complexity index is 621. The molecule has 0 radical (unpaired) electrons. The standard InChI is InChI=1S/C14H16N4OS2/c1-18(2)13-16-17-14(21-13)20-8-4-7-19-12-6-3-5-11(9-12)10-15/h3,5-6,9H,4,7-8H2,1-2H3. The van der Waals surface area contributed by atoms with Crippen molar-refractivity contribution in [1.82, 2.24) is 10.2 Å². The highest BCUT2D eigenvalue weighted by atomic mass is 32.2. The lowest BCUT2D eigenvalue weighted by Gasteiger charge is -2.05. The number of hydrogen-bond acceptors (Lipinski definition) is 7. The Balaban J connectivity index is 1.68. The zero-order valence-corrected chi connectivity index (χ0v) is 13.6. The van der Waals surface area contributed by atoms with E-state index in [0.29, 0.717) is 12.2 Å². The van der Waals surface area contributed by atoms with Crippen molar-refractivity contribution >= 4 is 28.2 Å². The molecule has 0 spiro atoms. The van der Waals surface area contributed by atoms with Crippen LogP contribution >= 0.6 is 23.1 Å². The van der Waals surface area contributed by atoms with Crippen molar-refractivity contribution in [2.75, 3.05) is 31.4 Å². The van der Waals surface area contributed by atoms with Gasteiger partial charge >= 0.3 is 0 Å². The third-order valence-corrected chi connectivity index (χ3v) is 4.84. The van der Waals surface area contributed by atoms with Crippen LogP contribution in [0.25, 0.3) is 0 Å². The Morgan fingerprint density at radius 3 is 2.95 bits per heavy atom. The molecular formula is C14H16N4OS2. The van der Waals surface area contributed by atoms with Gasteiger partial charge in [-0.3, -0.25) is 0 Å². The van der Waals surface area contributed by atoms with Crippen LogP contribution in [0, 0.1) is 11.3 Å². The number of anilines is 1. The summed E-state index contributed by atoms with van der Waals surface area (Å²) in [6, 6.07) is 9.30. The molecule has 0 aliphatic carbocycles. The zero-order valence-electron chi connectivity index (χ0n) is 11.9. The second-order valence-corrected chi connectivity index (χ2v) is 6.73. The largest absolute Gasteiger partial charge is 0.494 e. The highest BCUT2D eigenvalue weighted by Gasteiger charge is 2.05. The van der Waals surface area contributed by atoms with Crippen molar-refractivity contribution in [3.05, 3.63) is 29.8 Å². The summed E-state index contributed by atoms with van der Waals surface area (Å²) in [5.74, 6) is 1.67. The van der Waals surface area contributed by atoms with Gasteiger partial charge < -0.3 is 9.64 Å². The Morgan fingerprint density at radius 2 is 2.24 bits per heavy atom. The summed E-state index contributed by atoms with van der Waals surface area (Å²) in [7, 11) is 3.91. The van der Waals surface area contributed by atoms with Crippen LogP contribution in [0.3, 0.4) is 0 Å². The van der Waals surface area contributed by atoms with Crippen LogP contribution in [0.15, 0.2) is 28.6 Å². The van der Waals surface area contributed by atoms with Crippen molar-refractivity contribution in [3.8, 4) is 11.8 Å². The monoisotopic (exact) mass is 320 g/mol. The summed E-state index contributed by atoms with van der Waals surface area (Å²) < 4.78 is 6.60. The Labute approximate surface area is 132 Å². The molecule has 2 aromatic rings. The smallest absolute Gasteiger partial charge is 0.208 e. The molecule has 0 amide bonds. The summed E-state index contributed by atoms with van der Waals surface area (Å²) in [6.45, 7) is 0.626. The van der Waals surface area contributed by atoms with E-state index in [1.807, 2.05) is 31.1 Å². The van der Waals surface area contributed by atoms with E-state index in [0.717, 1.165) is 27.4 Å². The summed E-state index contributed by atoms with van der Waals surface area (Å²) in [6.07, 6.45) is 0.915. The van der Waals surface area contributed by atoms with Crippen LogP contribution in [0.4, 0.5) is 5.13 Å². The van der Waals surface area contributed by atoms with Gasteiger partial charge in [-0.25, -0.2) is 0 Å². The molecule has 0 saturated carbocycles. The second-order valence-electron chi connectivity index (χ2n) is 4.44. The number of thioether (sulfide) groups is 1. The van der Waals surface area contributed by atoms with E-state index >= 15 is 0 Å².